The highest BCUT2D eigenvalue weighted by atomic mass is 19.4. The van der Waals surface area contributed by atoms with Gasteiger partial charge in [0.25, 0.3) is 5.69 Å². The molecule has 23 heavy (non-hydrogen) atoms. The predicted molar refractivity (Wildman–Crippen MR) is 80.2 cm³/mol. The van der Waals surface area contributed by atoms with Crippen LogP contribution in [0.2, 0.25) is 0 Å². The normalized spacial score (nSPS) is 18.8. The van der Waals surface area contributed by atoms with Crippen LogP contribution in [0.3, 0.4) is 0 Å². The van der Waals surface area contributed by atoms with Gasteiger partial charge in [-0.2, -0.15) is 13.2 Å². The Labute approximate surface area is 132 Å². The van der Waals surface area contributed by atoms with Crippen LogP contribution >= 0.6 is 0 Å². The van der Waals surface area contributed by atoms with Gasteiger partial charge in [-0.05, 0) is 19.0 Å². The van der Waals surface area contributed by atoms with E-state index in [1.165, 1.54) is 6.07 Å². The smallest absolute Gasteiger partial charge is 0.301 e. The number of nitro groups is 1. The molecule has 1 aliphatic heterocycles. The monoisotopic (exact) mass is 331 g/mol. The molecule has 0 aliphatic carbocycles. The first-order chi connectivity index (χ1) is 10.7. The molecule has 1 aromatic rings. The predicted octanol–water partition coefficient (Wildman–Crippen LogP) is 3.31. The van der Waals surface area contributed by atoms with Crippen LogP contribution in [0.4, 0.5) is 18.9 Å². The number of piperazine rings is 1. The molecule has 1 aromatic carbocycles. The van der Waals surface area contributed by atoms with E-state index in [0.717, 1.165) is 25.7 Å². The Balaban J connectivity index is 2.29. The van der Waals surface area contributed by atoms with Crippen LogP contribution in [0, 0.1) is 10.1 Å². The SMILES string of the molecule is CCN1CCN(C(C)c2ccc([N+](=O)[O-])cc2C(F)(F)F)CC1. The minimum absolute atomic E-state index is 0.0908. The van der Waals surface area contributed by atoms with Crippen LogP contribution in [0.25, 0.3) is 0 Å². The third-order valence-corrected chi connectivity index (χ3v) is 4.41. The van der Waals surface area contributed by atoms with Crippen molar-refractivity contribution in [3.63, 3.8) is 0 Å². The average Bonchev–Trinajstić information content (AvgIpc) is 2.52. The first-order valence-electron chi connectivity index (χ1n) is 7.56. The zero-order valence-corrected chi connectivity index (χ0v) is 13.1. The number of rotatable bonds is 4. The molecule has 1 heterocycles. The van der Waals surface area contributed by atoms with Gasteiger partial charge < -0.3 is 4.90 Å². The van der Waals surface area contributed by atoms with E-state index >= 15 is 0 Å². The van der Waals surface area contributed by atoms with E-state index in [9.17, 15) is 23.3 Å². The van der Waals surface area contributed by atoms with Crippen molar-refractivity contribution >= 4 is 5.69 Å². The van der Waals surface area contributed by atoms with Crippen molar-refractivity contribution in [2.75, 3.05) is 32.7 Å². The van der Waals surface area contributed by atoms with Gasteiger partial charge >= 0.3 is 6.18 Å². The average molecular weight is 331 g/mol. The number of benzene rings is 1. The van der Waals surface area contributed by atoms with Crippen LogP contribution in [-0.4, -0.2) is 47.4 Å². The summed E-state index contributed by atoms with van der Waals surface area (Å²) in [6.07, 6.45) is -4.61. The highest BCUT2D eigenvalue weighted by Gasteiger charge is 2.37. The van der Waals surface area contributed by atoms with Gasteiger partial charge in [-0.1, -0.05) is 13.0 Å². The molecule has 0 radical (unpaired) electrons. The van der Waals surface area contributed by atoms with Crippen molar-refractivity contribution in [3.8, 4) is 0 Å². The van der Waals surface area contributed by atoms with Crippen LogP contribution in [0.5, 0.6) is 0 Å². The second kappa shape index (κ2) is 6.84. The maximum atomic E-state index is 13.3. The third-order valence-electron chi connectivity index (χ3n) is 4.41. The summed E-state index contributed by atoms with van der Waals surface area (Å²) in [5, 5.41) is 10.8. The van der Waals surface area contributed by atoms with Gasteiger partial charge in [0.05, 0.1) is 10.5 Å². The van der Waals surface area contributed by atoms with E-state index in [1.54, 1.807) is 6.92 Å². The van der Waals surface area contributed by atoms with Crippen molar-refractivity contribution in [3.05, 3.63) is 39.4 Å². The van der Waals surface area contributed by atoms with Crippen molar-refractivity contribution < 1.29 is 18.1 Å². The lowest BCUT2D eigenvalue weighted by atomic mass is 9.98. The van der Waals surface area contributed by atoms with Gasteiger partial charge in [-0.15, -0.1) is 0 Å². The van der Waals surface area contributed by atoms with Crippen LogP contribution in [0.1, 0.15) is 31.0 Å². The molecule has 1 saturated heterocycles. The second-order valence-corrected chi connectivity index (χ2v) is 5.67. The minimum atomic E-state index is -4.61. The molecule has 128 valence electrons. The summed E-state index contributed by atoms with van der Waals surface area (Å²) in [6, 6.07) is 2.57. The number of likely N-dealkylation sites (N-methyl/N-ethyl adjacent to an activating group) is 1. The summed E-state index contributed by atoms with van der Waals surface area (Å²) < 4.78 is 39.9. The highest BCUT2D eigenvalue weighted by Crippen LogP contribution is 2.38. The molecule has 0 aromatic heterocycles. The minimum Gasteiger partial charge on any atom is -0.301 e. The van der Waals surface area contributed by atoms with E-state index in [4.69, 9.17) is 0 Å². The van der Waals surface area contributed by atoms with Crippen LogP contribution in [0.15, 0.2) is 18.2 Å². The lowest BCUT2D eigenvalue weighted by Gasteiger charge is -2.38. The standard InChI is InChI=1S/C15H20F3N3O2/c1-3-19-6-8-20(9-7-19)11(2)13-5-4-12(21(22)23)10-14(13)15(16,17)18/h4-5,10-11H,3,6-9H2,1-2H3. The van der Waals surface area contributed by atoms with Crippen molar-refractivity contribution in [1.82, 2.24) is 9.80 Å². The molecular formula is C15H20F3N3O2. The van der Waals surface area contributed by atoms with Gasteiger partial charge in [-0.25, -0.2) is 0 Å². The van der Waals surface area contributed by atoms with Crippen molar-refractivity contribution in [2.24, 2.45) is 0 Å². The summed E-state index contributed by atoms with van der Waals surface area (Å²) in [4.78, 5) is 14.2. The summed E-state index contributed by atoms with van der Waals surface area (Å²) in [6.45, 7) is 7.69. The molecule has 0 N–H and O–H groups in total. The Morgan fingerprint density at radius 1 is 1.26 bits per heavy atom. The number of nitro benzene ring substituents is 1. The van der Waals surface area contributed by atoms with Crippen LogP contribution in [-0.2, 0) is 6.18 Å². The lowest BCUT2D eigenvalue weighted by molar-refractivity contribution is -0.385. The number of alkyl halides is 3. The fraction of sp³-hybridized carbons (Fsp3) is 0.600. The molecule has 1 fully saturated rings. The molecule has 0 amide bonds. The molecule has 5 nitrogen and oxygen atoms in total. The van der Waals surface area contributed by atoms with E-state index < -0.39 is 28.4 Å². The second-order valence-electron chi connectivity index (χ2n) is 5.67. The van der Waals surface area contributed by atoms with E-state index in [2.05, 4.69) is 11.8 Å². The Kier molecular flexibility index (Phi) is 5.26. The molecule has 0 spiro atoms. The number of halogens is 3. The van der Waals surface area contributed by atoms with E-state index in [0.29, 0.717) is 19.2 Å². The lowest BCUT2D eigenvalue weighted by Crippen LogP contribution is -2.47. The Bertz CT molecular complexity index is 570. The maximum Gasteiger partial charge on any atom is 0.416 e. The first kappa shape index (κ1) is 17.7. The van der Waals surface area contributed by atoms with Gasteiger partial charge in [0.2, 0.25) is 0 Å². The fourth-order valence-corrected chi connectivity index (χ4v) is 2.93. The number of hydrogen-bond donors (Lipinski definition) is 0. The highest BCUT2D eigenvalue weighted by molar-refractivity contribution is 5.42. The van der Waals surface area contributed by atoms with Crippen LogP contribution < -0.4 is 0 Å². The molecule has 1 aliphatic rings. The van der Waals surface area contributed by atoms with Crippen molar-refractivity contribution in [2.45, 2.75) is 26.1 Å². The molecule has 0 saturated carbocycles. The van der Waals surface area contributed by atoms with Gasteiger partial charge in [0.1, 0.15) is 0 Å². The number of nitrogens with zero attached hydrogens (tertiary/aromatic N) is 3. The summed E-state index contributed by atoms with van der Waals surface area (Å²) in [7, 11) is 0. The third kappa shape index (κ3) is 4.00. The van der Waals surface area contributed by atoms with Gasteiger partial charge in [0, 0.05) is 44.4 Å². The number of hydrogen-bond acceptors (Lipinski definition) is 4. The molecule has 0 bridgehead atoms. The maximum absolute atomic E-state index is 13.3. The van der Waals surface area contributed by atoms with E-state index in [-0.39, 0.29) is 5.56 Å². The van der Waals surface area contributed by atoms with Gasteiger partial charge in [0.15, 0.2) is 0 Å². The molecule has 1 unspecified atom stereocenters. The fourth-order valence-electron chi connectivity index (χ4n) is 2.93. The number of non-ortho nitro benzene ring substituents is 1. The molecular weight excluding hydrogens is 311 g/mol. The molecule has 2 rings (SSSR count). The summed E-state index contributed by atoms with van der Waals surface area (Å²) in [5.41, 5.74) is -1.37. The largest absolute Gasteiger partial charge is 0.416 e. The zero-order chi connectivity index (χ0) is 17.2. The van der Waals surface area contributed by atoms with Crippen molar-refractivity contribution in [1.29, 1.82) is 0 Å². The van der Waals surface area contributed by atoms with E-state index in [1.807, 2.05) is 4.90 Å². The molecule has 8 heteroatoms. The summed E-state index contributed by atoms with van der Waals surface area (Å²) >= 11 is 0. The zero-order valence-electron chi connectivity index (χ0n) is 13.1. The summed E-state index contributed by atoms with van der Waals surface area (Å²) in [5.74, 6) is 0. The Hall–Kier alpha value is -1.67. The van der Waals surface area contributed by atoms with Gasteiger partial charge in [-0.3, -0.25) is 15.0 Å². The molecule has 1 atom stereocenters. The first-order valence-corrected chi connectivity index (χ1v) is 7.56. The topological polar surface area (TPSA) is 49.6 Å². The Morgan fingerprint density at radius 3 is 2.35 bits per heavy atom. The Morgan fingerprint density at radius 2 is 1.87 bits per heavy atom. The quantitative estimate of drug-likeness (QED) is 0.627.